The van der Waals surface area contributed by atoms with Crippen LogP contribution in [0.3, 0.4) is 0 Å². The summed E-state index contributed by atoms with van der Waals surface area (Å²) in [7, 11) is 0. The molecule has 0 aromatic heterocycles. The van der Waals surface area contributed by atoms with Crippen LogP contribution in [0, 0.1) is 5.92 Å². The predicted molar refractivity (Wildman–Crippen MR) is 73.6 cm³/mol. The summed E-state index contributed by atoms with van der Waals surface area (Å²) >= 11 is 0. The molecule has 1 unspecified atom stereocenters. The van der Waals surface area contributed by atoms with Gasteiger partial charge in [0.05, 0.1) is 19.1 Å². The van der Waals surface area contributed by atoms with Gasteiger partial charge in [-0.25, -0.2) is 0 Å². The van der Waals surface area contributed by atoms with Gasteiger partial charge in [0.1, 0.15) is 17.2 Å². The topological polar surface area (TPSA) is 47.6 Å². The number of alkyl halides is 5. The van der Waals surface area contributed by atoms with Crippen LogP contribution in [0.2, 0.25) is 0 Å². The van der Waals surface area contributed by atoms with Crippen molar-refractivity contribution in [3.63, 3.8) is 0 Å². The summed E-state index contributed by atoms with van der Waals surface area (Å²) in [5, 5.41) is 0. The first-order chi connectivity index (χ1) is 9.94. The third kappa shape index (κ3) is 3.31. The fourth-order valence-electron chi connectivity index (χ4n) is 2.00. The Kier molecular flexibility index (Phi) is 5.04. The molecule has 1 atom stereocenters. The molecule has 22 heavy (non-hydrogen) atoms. The SMILES string of the molecule is C=C(CN=C1C(=C(N)C(F)(F)F)C(=C)C(C)C1(F)F)OCC. The first kappa shape index (κ1) is 18.2. The van der Waals surface area contributed by atoms with Gasteiger partial charge in [-0.1, -0.05) is 20.1 Å². The van der Waals surface area contributed by atoms with Crippen molar-refractivity contribution in [1.29, 1.82) is 0 Å². The van der Waals surface area contributed by atoms with Gasteiger partial charge in [0, 0.05) is 5.57 Å². The van der Waals surface area contributed by atoms with Crippen molar-refractivity contribution in [2.45, 2.75) is 25.9 Å². The van der Waals surface area contributed by atoms with Gasteiger partial charge in [0.15, 0.2) is 0 Å². The second-order valence-electron chi connectivity index (χ2n) is 4.79. The zero-order valence-electron chi connectivity index (χ0n) is 12.2. The molecule has 1 fully saturated rings. The maximum atomic E-state index is 14.2. The smallest absolute Gasteiger partial charge is 0.431 e. The molecular weight excluding hydrogens is 307 g/mol. The Morgan fingerprint density at radius 3 is 2.41 bits per heavy atom. The summed E-state index contributed by atoms with van der Waals surface area (Å²) in [6.07, 6.45) is -4.95. The number of rotatable bonds is 4. The summed E-state index contributed by atoms with van der Waals surface area (Å²) in [5.74, 6) is -5.04. The number of aliphatic imine (C=N–C) groups is 1. The number of nitrogens with zero attached hydrogens (tertiary/aromatic N) is 1. The Balaban J connectivity index is 3.37. The number of ether oxygens (including phenoxy) is 1. The standard InChI is InChI=1S/C14H17F5N2O/c1-5-22-7(2)6-21-12-10(11(20)14(17,18)19)8(3)9(4)13(12,15)16/h9H,2-3,5-6,20H2,1,4H3. The number of hydrogen-bond acceptors (Lipinski definition) is 3. The van der Waals surface area contributed by atoms with Gasteiger partial charge in [-0.3, -0.25) is 4.99 Å². The minimum atomic E-state index is -4.95. The Morgan fingerprint density at radius 1 is 1.41 bits per heavy atom. The maximum Gasteiger partial charge on any atom is 0.431 e. The molecule has 0 saturated heterocycles. The van der Waals surface area contributed by atoms with Crippen LogP contribution in [-0.4, -0.2) is 31.0 Å². The maximum absolute atomic E-state index is 14.2. The molecule has 8 heteroatoms. The third-order valence-corrected chi connectivity index (χ3v) is 3.28. The Hall–Kier alpha value is -1.86. The number of allylic oxidation sites excluding steroid dienone is 3. The highest BCUT2D eigenvalue weighted by molar-refractivity contribution is 6.13. The van der Waals surface area contributed by atoms with Gasteiger partial charge >= 0.3 is 6.18 Å². The van der Waals surface area contributed by atoms with Crippen molar-refractivity contribution < 1.29 is 26.7 Å². The zero-order valence-corrected chi connectivity index (χ0v) is 12.2. The van der Waals surface area contributed by atoms with E-state index in [1.165, 1.54) is 0 Å². The van der Waals surface area contributed by atoms with Crippen molar-refractivity contribution in [2.24, 2.45) is 16.6 Å². The zero-order chi connectivity index (χ0) is 17.3. The molecule has 1 aliphatic rings. The summed E-state index contributed by atoms with van der Waals surface area (Å²) in [4.78, 5) is 3.55. The molecule has 0 heterocycles. The van der Waals surface area contributed by atoms with Crippen LogP contribution in [0.25, 0.3) is 0 Å². The molecule has 0 bridgehead atoms. The van der Waals surface area contributed by atoms with Crippen LogP contribution in [0.4, 0.5) is 22.0 Å². The number of nitrogens with two attached hydrogens (primary N) is 1. The molecular formula is C14H17F5N2O. The summed E-state index contributed by atoms with van der Waals surface area (Å²) < 4.78 is 71.6. The van der Waals surface area contributed by atoms with E-state index in [1.54, 1.807) is 6.92 Å². The van der Waals surface area contributed by atoms with Gasteiger partial charge in [-0.05, 0) is 12.5 Å². The molecule has 124 valence electrons. The fraction of sp³-hybridized carbons (Fsp3) is 0.500. The molecule has 0 aliphatic heterocycles. The lowest BCUT2D eigenvalue weighted by Crippen LogP contribution is -2.31. The number of halogens is 5. The van der Waals surface area contributed by atoms with Crippen LogP contribution < -0.4 is 5.73 Å². The lowest BCUT2D eigenvalue weighted by Gasteiger charge is -2.15. The molecule has 0 radical (unpaired) electrons. The fourth-order valence-corrected chi connectivity index (χ4v) is 2.00. The van der Waals surface area contributed by atoms with Gasteiger partial charge in [-0.15, -0.1) is 0 Å². The first-order valence-electron chi connectivity index (χ1n) is 6.44. The van der Waals surface area contributed by atoms with E-state index < -0.39 is 35.0 Å². The van der Waals surface area contributed by atoms with Crippen molar-refractivity contribution in [2.75, 3.05) is 13.2 Å². The predicted octanol–water partition coefficient (Wildman–Crippen LogP) is 3.59. The van der Waals surface area contributed by atoms with E-state index in [1.807, 2.05) is 0 Å². The molecule has 1 saturated carbocycles. The van der Waals surface area contributed by atoms with Crippen LogP contribution in [0.1, 0.15) is 13.8 Å². The monoisotopic (exact) mass is 324 g/mol. The quantitative estimate of drug-likeness (QED) is 0.634. The van der Waals surface area contributed by atoms with Crippen molar-refractivity contribution in [3.05, 3.63) is 35.8 Å². The molecule has 0 spiro atoms. The molecule has 0 amide bonds. The second-order valence-corrected chi connectivity index (χ2v) is 4.79. The van der Waals surface area contributed by atoms with E-state index in [4.69, 9.17) is 10.5 Å². The molecule has 0 aromatic rings. The highest BCUT2D eigenvalue weighted by atomic mass is 19.4. The van der Waals surface area contributed by atoms with Crippen molar-refractivity contribution in [3.8, 4) is 0 Å². The lowest BCUT2D eigenvalue weighted by molar-refractivity contribution is -0.0930. The molecule has 0 aromatic carbocycles. The van der Waals surface area contributed by atoms with Crippen LogP contribution >= 0.6 is 0 Å². The van der Waals surface area contributed by atoms with E-state index in [0.29, 0.717) is 0 Å². The molecule has 3 nitrogen and oxygen atoms in total. The Labute approximate surface area is 125 Å². The van der Waals surface area contributed by atoms with Crippen molar-refractivity contribution in [1.82, 2.24) is 0 Å². The molecule has 1 aliphatic carbocycles. The highest BCUT2D eigenvalue weighted by Gasteiger charge is 2.55. The molecule has 1 rings (SSSR count). The highest BCUT2D eigenvalue weighted by Crippen LogP contribution is 2.46. The van der Waals surface area contributed by atoms with E-state index >= 15 is 0 Å². The minimum absolute atomic E-state index is 0.0703. The van der Waals surface area contributed by atoms with E-state index in [2.05, 4.69) is 18.2 Å². The van der Waals surface area contributed by atoms with Crippen LogP contribution in [-0.2, 0) is 4.74 Å². The van der Waals surface area contributed by atoms with E-state index in [0.717, 1.165) is 6.92 Å². The van der Waals surface area contributed by atoms with E-state index in [9.17, 15) is 22.0 Å². The largest absolute Gasteiger partial charge is 0.497 e. The average Bonchev–Trinajstić information content (AvgIpc) is 2.55. The summed E-state index contributed by atoms with van der Waals surface area (Å²) in [5.41, 5.74) is 1.13. The third-order valence-electron chi connectivity index (χ3n) is 3.28. The minimum Gasteiger partial charge on any atom is -0.497 e. The molecule has 2 N–H and O–H groups in total. The Morgan fingerprint density at radius 2 is 1.95 bits per heavy atom. The summed E-state index contributed by atoms with van der Waals surface area (Å²) in [6.45, 7) is 9.34. The number of hydrogen-bond donors (Lipinski definition) is 1. The van der Waals surface area contributed by atoms with Gasteiger partial charge in [0.25, 0.3) is 5.92 Å². The second kappa shape index (κ2) is 6.10. The van der Waals surface area contributed by atoms with Gasteiger partial charge in [-0.2, -0.15) is 22.0 Å². The normalized spacial score (nSPS) is 25.5. The van der Waals surface area contributed by atoms with Crippen LogP contribution in [0.5, 0.6) is 0 Å². The lowest BCUT2D eigenvalue weighted by atomic mass is 10.0. The van der Waals surface area contributed by atoms with Gasteiger partial charge in [0.2, 0.25) is 0 Å². The van der Waals surface area contributed by atoms with E-state index in [-0.39, 0.29) is 24.5 Å². The summed E-state index contributed by atoms with van der Waals surface area (Å²) in [6, 6.07) is 0. The Bertz CT molecular complexity index is 546. The first-order valence-corrected chi connectivity index (χ1v) is 6.44. The van der Waals surface area contributed by atoms with Gasteiger partial charge < -0.3 is 10.5 Å². The average molecular weight is 324 g/mol. The van der Waals surface area contributed by atoms with Crippen molar-refractivity contribution >= 4 is 5.71 Å². The van der Waals surface area contributed by atoms with Crippen LogP contribution in [0.15, 0.2) is 40.8 Å².